The molecule has 27 heavy (non-hydrogen) atoms. The van der Waals surface area contributed by atoms with Gasteiger partial charge in [-0.15, -0.1) is 0 Å². The summed E-state index contributed by atoms with van der Waals surface area (Å²) in [7, 11) is 1.68. The average molecular weight is 363 g/mol. The second kappa shape index (κ2) is 7.95. The first kappa shape index (κ1) is 18.5. The first-order chi connectivity index (χ1) is 12.9. The Kier molecular flexibility index (Phi) is 5.45. The minimum Gasteiger partial charge on any atom is -0.452 e. The Morgan fingerprint density at radius 1 is 0.963 bits per heavy atom. The molecule has 138 valence electrons. The summed E-state index contributed by atoms with van der Waals surface area (Å²) in [6.07, 6.45) is 0. The Morgan fingerprint density at radius 3 is 2.33 bits per heavy atom. The van der Waals surface area contributed by atoms with Gasteiger partial charge in [0.2, 0.25) is 0 Å². The van der Waals surface area contributed by atoms with E-state index in [4.69, 9.17) is 4.74 Å². The minimum atomic E-state index is -0.557. The van der Waals surface area contributed by atoms with Crippen molar-refractivity contribution in [2.75, 3.05) is 13.7 Å². The van der Waals surface area contributed by atoms with Crippen LogP contribution in [0.15, 0.2) is 48.5 Å². The number of aryl methyl sites for hydroxylation is 2. The molecule has 0 saturated heterocycles. The number of hydrogen-bond donors (Lipinski definition) is 0. The number of esters is 1. The van der Waals surface area contributed by atoms with Crippen LogP contribution in [0.4, 0.5) is 0 Å². The van der Waals surface area contributed by atoms with Crippen LogP contribution in [0.3, 0.4) is 0 Å². The summed E-state index contributed by atoms with van der Waals surface area (Å²) in [6, 6.07) is 14.6. The van der Waals surface area contributed by atoms with E-state index in [2.05, 4.69) is 9.97 Å². The van der Waals surface area contributed by atoms with Crippen molar-refractivity contribution >= 4 is 22.9 Å². The molecule has 0 atom stereocenters. The fourth-order valence-corrected chi connectivity index (χ4v) is 2.62. The third-order valence-corrected chi connectivity index (χ3v) is 4.33. The summed E-state index contributed by atoms with van der Waals surface area (Å²) < 4.78 is 5.17. The van der Waals surface area contributed by atoms with Crippen molar-refractivity contribution in [2.24, 2.45) is 0 Å². The van der Waals surface area contributed by atoms with Crippen LogP contribution < -0.4 is 0 Å². The number of benzene rings is 2. The van der Waals surface area contributed by atoms with Gasteiger partial charge >= 0.3 is 5.97 Å². The molecule has 1 aromatic heterocycles. The van der Waals surface area contributed by atoms with Gasteiger partial charge in [-0.05, 0) is 37.6 Å². The fourth-order valence-electron chi connectivity index (χ4n) is 2.62. The van der Waals surface area contributed by atoms with Gasteiger partial charge in [-0.3, -0.25) is 4.79 Å². The zero-order chi connectivity index (χ0) is 19.4. The predicted octanol–water partition coefficient (Wildman–Crippen LogP) is 3.06. The van der Waals surface area contributed by atoms with E-state index < -0.39 is 5.97 Å². The highest BCUT2D eigenvalue weighted by molar-refractivity contribution is 5.94. The van der Waals surface area contributed by atoms with Crippen molar-refractivity contribution < 1.29 is 14.3 Å². The van der Waals surface area contributed by atoms with E-state index in [0.29, 0.717) is 23.1 Å². The molecule has 0 aliphatic carbocycles. The number of nitrogens with zero attached hydrogens (tertiary/aromatic N) is 3. The molecule has 6 nitrogen and oxygen atoms in total. The predicted molar refractivity (Wildman–Crippen MR) is 102 cm³/mol. The lowest BCUT2D eigenvalue weighted by atomic mass is 10.2. The highest BCUT2D eigenvalue weighted by atomic mass is 16.5. The second-order valence-corrected chi connectivity index (χ2v) is 6.41. The highest BCUT2D eigenvalue weighted by Gasteiger charge is 2.15. The summed E-state index contributed by atoms with van der Waals surface area (Å²) in [4.78, 5) is 34.9. The maximum Gasteiger partial charge on any atom is 0.338 e. The van der Waals surface area contributed by atoms with Crippen LogP contribution in [0, 0.1) is 13.8 Å². The molecule has 0 radical (unpaired) electrons. The van der Waals surface area contributed by atoms with Crippen molar-refractivity contribution in [3.05, 3.63) is 71.0 Å². The molecule has 2 aromatic carbocycles. The molecule has 0 fully saturated rings. The van der Waals surface area contributed by atoms with E-state index in [1.54, 1.807) is 25.2 Å². The molecule has 0 aliphatic heterocycles. The Hall–Kier alpha value is -3.28. The van der Waals surface area contributed by atoms with Crippen LogP contribution in [-0.4, -0.2) is 40.4 Å². The van der Waals surface area contributed by atoms with E-state index in [0.717, 1.165) is 17.0 Å². The van der Waals surface area contributed by atoms with Crippen LogP contribution in [0.1, 0.15) is 27.3 Å². The third-order valence-electron chi connectivity index (χ3n) is 4.33. The maximum atomic E-state index is 12.3. The van der Waals surface area contributed by atoms with Gasteiger partial charge in [-0.2, -0.15) is 0 Å². The van der Waals surface area contributed by atoms with Crippen LogP contribution in [0.25, 0.3) is 11.0 Å². The minimum absolute atomic E-state index is 0.265. The van der Waals surface area contributed by atoms with Gasteiger partial charge in [0.05, 0.1) is 28.0 Å². The van der Waals surface area contributed by atoms with Crippen molar-refractivity contribution in [1.82, 2.24) is 14.9 Å². The Balaban J connectivity index is 1.62. The molecule has 3 rings (SSSR count). The molecule has 0 N–H and O–H groups in total. The maximum absolute atomic E-state index is 12.3. The number of aromatic nitrogens is 2. The first-order valence-electron chi connectivity index (χ1n) is 8.64. The van der Waals surface area contributed by atoms with Gasteiger partial charge in [0, 0.05) is 13.6 Å². The van der Waals surface area contributed by atoms with E-state index in [9.17, 15) is 9.59 Å². The average Bonchev–Trinajstić information content (AvgIpc) is 2.67. The normalized spacial score (nSPS) is 10.6. The Morgan fingerprint density at radius 2 is 1.63 bits per heavy atom. The summed E-state index contributed by atoms with van der Waals surface area (Å²) in [5, 5.41) is 0. The van der Waals surface area contributed by atoms with Gasteiger partial charge < -0.3 is 9.64 Å². The molecule has 1 amide bonds. The molecule has 3 aromatic rings. The molecular formula is C21H21N3O3. The number of carbonyl (C=O) groups is 2. The quantitative estimate of drug-likeness (QED) is 0.652. The highest BCUT2D eigenvalue weighted by Crippen LogP contribution is 2.15. The van der Waals surface area contributed by atoms with Gasteiger partial charge in [0.25, 0.3) is 5.91 Å². The third kappa shape index (κ3) is 4.47. The fraction of sp³-hybridized carbons (Fsp3) is 0.238. The van der Waals surface area contributed by atoms with E-state index in [1.165, 1.54) is 4.90 Å². The molecular weight excluding hydrogens is 342 g/mol. The van der Waals surface area contributed by atoms with Crippen molar-refractivity contribution in [2.45, 2.75) is 20.4 Å². The van der Waals surface area contributed by atoms with Crippen LogP contribution in [0.2, 0.25) is 0 Å². The number of rotatable bonds is 5. The second-order valence-electron chi connectivity index (χ2n) is 6.41. The van der Waals surface area contributed by atoms with Crippen molar-refractivity contribution in [3.8, 4) is 0 Å². The molecule has 0 saturated carbocycles. The molecule has 0 spiro atoms. The molecule has 1 heterocycles. The monoisotopic (exact) mass is 363 g/mol. The van der Waals surface area contributed by atoms with Crippen LogP contribution in [-0.2, 0) is 16.1 Å². The zero-order valence-electron chi connectivity index (χ0n) is 15.6. The number of carbonyl (C=O) groups excluding carboxylic acids is 2. The largest absolute Gasteiger partial charge is 0.452 e. The first-order valence-corrected chi connectivity index (χ1v) is 8.64. The van der Waals surface area contributed by atoms with Crippen LogP contribution >= 0.6 is 0 Å². The van der Waals surface area contributed by atoms with E-state index in [-0.39, 0.29) is 12.5 Å². The molecule has 0 aliphatic rings. The van der Waals surface area contributed by atoms with E-state index in [1.807, 2.05) is 44.2 Å². The number of fused-ring (bicyclic) bond motifs is 1. The lowest BCUT2D eigenvalue weighted by Gasteiger charge is -2.17. The molecule has 0 unspecified atom stereocenters. The van der Waals surface area contributed by atoms with E-state index >= 15 is 0 Å². The Bertz CT molecular complexity index is 987. The summed E-state index contributed by atoms with van der Waals surface area (Å²) >= 11 is 0. The van der Waals surface area contributed by atoms with Gasteiger partial charge in [0.15, 0.2) is 6.61 Å². The summed E-state index contributed by atoms with van der Waals surface area (Å²) in [5.74, 6) is -0.822. The summed E-state index contributed by atoms with van der Waals surface area (Å²) in [5.41, 5.74) is 4.36. The zero-order valence-corrected chi connectivity index (χ0v) is 15.6. The van der Waals surface area contributed by atoms with Crippen LogP contribution in [0.5, 0.6) is 0 Å². The van der Waals surface area contributed by atoms with Crippen molar-refractivity contribution in [3.63, 3.8) is 0 Å². The molecule has 6 heteroatoms. The number of amides is 1. The number of likely N-dealkylation sites (N-methyl/N-ethyl adjacent to an activating group) is 1. The lowest BCUT2D eigenvalue weighted by Crippen LogP contribution is -2.30. The van der Waals surface area contributed by atoms with Gasteiger partial charge in [0.1, 0.15) is 0 Å². The number of ether oxygens (including phenoxy) is 1. The number of hydrogen-bond acceptors (Lipinski definition) is 5. The topological polar surface area (TPSA) is 72.4 Å². The van der Waals surface area contributed by atoms with Crippen molar-refractivity contribution in [1.29, 1.82) is 0 Å². The smallest absolute Gasteiger partial charge is 0.338 e. The standard InChI is InChI=1S/C21H21N3O3/c1-14-15(2)23-19-11-17(9-10-18(19)22-14)21(26)27-13-20(25)24(3)12-16-7-5-4-6-8-16/h4-11H,12-13H2,1-3H3. The molecule has 0 bridgehead atoms. The lowest BCUT2D eigenvalue weighted by molar-refractivity contribution is -0.133. The van der Waals surface area contributed by atoms with Gasteiger partial charge in [-0.1, -0.05) is 30.3 Å². The summed E-state index contributed by atoms with van der Waals surface area (Å²) in [6.45, 7) is 3.91. The SMILES string of the molecule is Cc1nc2ccc(C(=O)OCC(=O)N(C)Cc3ccccc3)cc2nc1C. The van der Waals surface area contributed by atoms with Gasteiger partial charge in [-0.25, -0.2) is 14.8 Å². The Labute approximate surface area is 157 Å².